The molecule has 2 aromatic carbocycles. The van der Waals surface area contributed by atoms with E-state index >= 15 is 0 Å². The number of hydrogen-bond acceptors (Lipinski definition) is 16. The van der Waals surface area contributed by atoms with Gasteiger partial charge in [0.2, 0.25) is 11.5 Å². The third kappa shape index (κ3) is 16.1. The summed E-state index contributed by atoms with van der Waals surface area (Å²) in [6.07, 6.45) is 1.32. The van der Waals surface area contributed by atoms with Crippen LogP contribution in [0.5, 0.6) is 34.5 Å². The van der Waals surface area contributed by atoms with Gasteiger partial charge in [0, 0.05) is 0 Å². The fourth-order valence-electron chi connectivity index (χ4n) is 4.32. The van der Waals surface area contributed by atoms with Crippen molar-refractivity contribution in [3.8, 4) is 34.5 Å². The monoisotopic (exact) mass is 740 g/mol. The molecule has 4 bridgehead atoms. The van der Waals surface area contributed by atoms with E-state index in [4.69, 9.17) is 56.8 Å². The fourth-order valence-corrected chi connectivity index (χ4v) is 4.32. The Bertz CT molecular complexity index is 1150. The van der Waals surface area contributed by atoms with Crippen molar-refractivity contribution in [1.82, 2.24) is 0 Å². The highest BCUT2D eigenvalue weighted by molar-refractivity contribution is 5.91. The Labute approximate surface area is 304 Å². The average Bonchev–Trinajstić information content (AvgIpc) is 3.14. The van der Waals surface area contributed by atoms with Crippen LogP contribution in [0.25, 0.3) is 0 Å². The first kappa shape index (κ1) is 42.4. The molecule has 1 heterocycles. The summed E-state index contributed by atoms with van der Waals surface area (Å²) in [6.45, 7) is 7.75. The van der Waals surface area contributed by atoms with Crippen LogP contribution < -0.4 is 18.9 Å². The van der Waals surface area contributed by atoms with Crippen LogP contribution in [-0.4, -0.2) is 141 Å². The summed E-state index contributed by atoms with van der Waals surface area (Å²) >= 11 is 0. The summed E-state index contributed by atoms with van der Waals surface area (Å²) in [6, 6.07) is 5.58. The van der Waals surface area contributed by atoms with E-state index in [9.17, 15) is 19.8 Å². The third-order valence-electron chi connectivity index (χ3n) is 6.85. The summed E-state index contributed by atoms with van der Waals surface area (Å²) in [5.41, 5.74) is 0.343. The molecule has 292 valence electrons. The predicted molar refractivity (Wildman–Crippen MR) is 184 cm³/mol. The van der Waals surface area contributed by atoms with Crippen molar-refractivity contribution >= 4 is 11.9 Å². The molecule has 52 heavy (non-hydrogen) atoms. The molecule has 0 atom stereocenters. The summed E-state index contributed by atoms with van der Waals surface area (Å²) in [4.78, 5) is 25.1. The number of benzene rings is 2. The van der Waals surface area contributed by atoms with E-state index in [-0.39, 0.29) is 138 Å². The zero-order chi connectivity index (χ0) is 37.2. The summed E-state index contributed by atoms with van der Waals surface area (Å²) in [7, 11) is 0. The van der Waals surface area contributed by atoms with Crippen LogP contribution in [0.4, 0.5) is 0 Å². The van der Waals surface area contributed by atoms with E-state index < -0.39 is 11.9 Å². The molecule has 0 spiro atoms. The number of phenolic OH excluding ortho intramolecular Hbond substituents is 2. The molecule has 0 unspecified atom stereocenters. The van der Waals surface area contributed by atoms with Crippen LogP contribution in [0.3, 0.4) is 0 Å². The molecular formula is C36H52O16. The molecule has 0 radical (unpaired) electrons. The van der Waals surface area contributed by atoms with Gasteiger partial charge in [-0.3, -0.25) is 0 Å². The molecule has 2 aromatic rings. The minimum atomic E-state index is -0.566. The number of carbonyl (C=O) groups is 2. The number of phenols is 2. The van der Waals surface area contributed by atoms with E-state index in [1.165, 1.54) is 24.3 Å². The van der Waals surface area contributed by atoms with Gasteiger partial charge >= 0.3 is 11.9 Å². The molecule has 3 rings (SSSR count). The topological polar surface area (TPSA) is 185 Å². The minimum Gasteiger partial charge on any atom is -0.502 e. The Morgan fingerprint density at radius 1 is 0.462 bits per heavy atom. The highest BCUT2D eigenvalue weighted by atomic mass is 16.6. The number of ether oxygens (including phenoxy) is 12. The van der Waals surface area contributed by atoms with Crippen molar-refractivity contribution in [2.24, 2.45) is 0 Å². The predicted octanol–water partition coefficient (Wildman–Crippen LogP) is 3.56. The van der Waals surface area contributed by atoms with Crippen molar-refractivity contribution in [2.75, 3.05) is 119 Å². The van der Waals surface area contributed by atoms with E-state index in [2.05, 4.69) is 0 Å². The maximum Gasteiger partial charge on any atom is 0.338 e. The third-order valence-corrected chi connectivity index (χ3v) is 6.85. The zero-order valence-corrected chi connectivity index (χ0v) is 30.1. The van der Waals surface area contributed by atoms with Crippen molar-refractivity contribution in [3.63, 3.8) is 0 Å². The van der Waals surface area contributed by atoms with E-state index in [1.54, 1.807) is 0 Å². The second-order valence-corrected chi connectivity index (χ2v) is 11.0. The van der Waals surface area contributed by atoms with Gasteiger partial charge in [0.1, 0.15) is 26.4 Å². The maximum atomic E-state index is 12.5. The van der Waals surface area contributed by atoms with Gasteiger partial charge in [0.15, 0.2) is 23.0 Å². The van der Waals surface area contributed by atoms with Gasteiger partial charge in [-0.05, 0) is 37.1 Å². The van der Waals surface area contributed by atoms with Crippen molar-refractivity contribution in [2.45, 2.75) is 26.7 Å². The number of rotatable bonds is 6. The Balaban J connectivity index is 1.54. The van der Waals surface area contributed by atoms with E-state index in [0.29, 0.717) is 39.3 Å². The summed E-state index contributed by atoms with van der Waals surface area (Å²) < 4.78 is 66.5. The molecule has 1 aliphatic rings. The van der Waals surface area contributed by atoms with Crippen molar-refractivity contribution in [1.29, 1.82) is 0 Å². The molecule has 0 aliphatic carbocycles. The fraction of sp³-hybridized carbons (Fsp3) is 0.611. The molecule has 0 saturated carbocycles. The van der Waals surface area contributed by atoms with E-state index in [0.717, 1.165) is 0 Å². The molecule has 16 nitrogen and oxygen atoms in total. The highest BCUT2D eigenvalue weighted by Crippen LogP contribution is 2.39. The van der Waals surface area contributed by atoms with Gasteiger partial charge in [-0.2, -0.15) is 0 Å². The lowest BCUT2D eigenvalue weighted by molar-refractivity contribution is 0.00390. The second-order valence-electron chi connectivity index (χ2n) is 11.0. The normalized spacial score (nSPS) is 17.0. The van der Waals surface area contributed by atoms with Gasteiger partial charge < -0.3 is 67.1 Å². The van der Waals surface area contributed by atoms with Crippen LogP contribution in [0.1, 0.15) is 47.4 Å². The largest absolute Gasteiger partial charge is 0.502 e. The van der Waals surface area contributed by atoms with Gasteiger partial charge in [0.05, 0.1) is 104 Å². The zero-order valence-electron chi connectivity index (χ0n) is 30.1. The van der Waals surface area contributed by atoms with E-state index in [1.807, 2.05) is 13.8 Å². The van der Waals surface area contributed by atoms with Crippen molar-refractivity contribution < 1.29 is 76.6 Å². The van der Waals surface area contributed by atoms with Gasteiger partial charge in [-0.15, -0.1) is 0 Å². The molecule has 0 aromatic heterocycles. The maximum absolute atomic E-state index is 12.5. The molecular weight excluding hydrogens is 688 g/mol. The van der Waals surface area contributed by atoms with Gasteiger partial charge in [-0.25, -0.2) is 9.59 Å². The van der Waals surface area contributed by atoms with Crippen LogP contribution in [0.2, 0.25) is 0 Å². The van der Waals surface area contributed by atoms with Crippen LogP contribution in [0, 0.1) is 0 Å². The Morgan fingerprint density at radius 2 is 0.692 bits per heavy atom. The highest BCUT2D eigenvalue weighted by Gasteiger charge is 2.19. The smallest absolute Gasteiger partial charge is 0.338 e. The number of hydrogen-bond donors (Lipinski definition) is 2. The first-order valence-corrected chi connectivity index (χ1v) is 17.5. The first-order chi connectivity index (χ1) is 25.4. The molecule has 1 aliphatic heterocycles. The number of esters is 2. The standard InChI is InChI=1S/C36H52O16/c1-3-5-51-35(39)27-23-29-33(37)30(24-27)48-20-16-44-12-8-42-10-14-46-18-22-50-32-26-28(36(40)52-6-4-2)25-31(34(32)38)49-21-17-45-13-9-41-7-11-43-15-19-47-29/h23-26,37-38H,3-22H2,1-2H3. The molecule has 16 heteroatoms. The molecule has 0 fully saturated rings. The van der Waals surface area contributed by atoms with Crippen LogP contribution >= 0.6 is 0 Å². The van der Waals surface area contributed by atoms with Crippen molar-refractivity contribution in [3.05, 3.63) is 35.4 Å². The molecule has 0 saturated heterocycles. The molecule has 0 amide bonds. The lowest BCUT2D eigenvalue weighted by Gasteiger charge is -2.15. The lowest BCUT2D eigenvalue weighted by atomic mass is 10.2. The Morgan fingerprint density at radius 3 is 0.923 bits per heavy atom. The minimum absolute atomic E-state index is 0.0499. The number of aromatic hydroxyl groups is 2. The number of fused-ring (bicyclic) bond motifs is 4. The van der Waals surface area contributed by atoms with Crippen LogP contribution in [0.15, 0.2) is 24.3 Å². The SMILES string of the molecule is CCCOC(=O)c1cc2c(O)c(c1)OCCOCCOCCOCCOc1cc(C(=O)OCCC)cc(c1O)OCCOCCOCCOCCO2. The van der Waals surface area contributed by atoms with Crippen LogP contribution in [-0.2, 0) is 37.9 Å². The summed E-state index contributed by atoms with van der Waals surface area (Å²) in [5, 5.41) is 21.5. The first-order valence-electron chi connectivity index (χ1n) is 17.5. The summed E-state index contributed by atoms with van der Waals surface area (Å²) in [5.74, 6) is -1.46. The quantitative estimate of drug-likeness (QED) is 0.409. The van der Waals surface area contributed by atoms with Gasteiger partial charge in [0.25, 0.3) is 0 Å². The lowest BCUT2D eigenvalue weighted by Crippen LogP contribution is -2.15. The average molecular weight is 741 g/mol. The Hall–Kier alpha value is -4.06. The molecule has 2 N–H and O–H groups in total. The second kappa shape index (κ2) is 25.8. The Kier molecular flexibility index (Phi) is 21.0. The number of carbonyl (C=O) groups excluding carboxylic acids is 2. The van der Waals surface area contributed by atoms with Gasteiger partial charge in [-0.1, -0.05) is 13.8 Å².